The first-order valence-electron chi connectivity index (χ1n) is 5.98. The van der Waals surface area contributed by atoms with Gasteiger partial charge in [-0.3, -0.25) is 9.69 Å². The van der Waals surface area contributed by atoms with Crippen LogP contribution in [-0.4, -0.2) is 40.6 Å². The minimum atomic E-state index is 0.0328. The van der Waals surface area contributed by atoms with Gasteiger partial charge in [0.25, 0.3) is 0 Å². The molecule has 3 rings (SSSR count). The number of nitrogens with zero attached hydrogens (tertiary/aromatic N) is 1. The van der Waals surface area contributed by atoms with Crippen molar-refractivity contribution in [3.63, 3.8) is 0 Å². The summed E-state index contributed by atoms with van der Waals surface area (Å²) < 4.78 is 0. The van der Waals surface area contributed by atoms with Crippen LogP contribution in [0.2, 0.25) is 0 Å². The highest BCUT2D eigenvalue weighted by Gasteiger charge is 2.51. The molecule has 3 nitrogen and oxygen atoms in total. The van der Waals surface area contributed by atoms with Crippen molar-refractivity contribution in [1.29, 1.82) is 0 Å². The normalized spacial score (nSPS) is 41.6. The Kier molecular flexibility index (Phi) is 2.44. The number of carbonyl (C=O) groups is 1. The monoisotopic (exact) mass is 226 g/mol. The van der Waals surface area contributed by atoms with Crippen molar-refractivity contribution >= 4 is 17.7 Å². The summed E-state index contributed by atoms with van der Waals surface area (Å²) >= 11 is 1.99. The summed E-state index contributed by atoms with van der Waals surface area (Å²) in [4.78, 5) is 14.4. The highest BCUT2D eigenvalue weighted by molar-refractivity contribution is 7.99. The highest BCUT2D eigenvalue weighted by Crippen LogP contribution is 2.38. The van der Waals surface area contributed by atoms with E-state index in [2.05, 4.69) is 10.2 Å². The predicted octanol–water partition coefficient (Wildman–Crippen LogP) is 1.19. The number of hydrogen-bond acceptors (Lipinski definition) is 3. The van der Waals surface area contributed by atoms with Crippen molar-refractivity contribution in [3.8, 4) is 0 Å². The third kappa shape index (κ3) is 1.49. The Morgan fingerprint density at radius 2 is 2.33 bits per heavy atom. The van der Waals surface area contributed by atoms with Crippen molar-refractivity contribution in [2.45, 2.75) is 43.8 Å². The van der Waals surface area contributed by atoms with E-state index in [0.29, 0.717) is 0 Å². The van der Waals surface area contributed by atoms with Crippen molar-refractivity contribution in [2.24, 2.45) is 0 Å². The molecule has 0 aliphatic carbocycles. The van der Waals surface area contributed by atoms with Crippen LogP contribution in [0.15, 0.2) is 0 Å². The average molecular weight is 226 g/mol. The lowest BCUT2D eigenvalue weighted by Crippen LogP contribution is -2.57. The molecule has 84 valence electrons. The second-order valence-electron chi connectivity index (χ2n) is 4.88. The fourth-order valence-electron chi connectivity index (χ4n) is 3.21. The topological polar surface area (TPSA) is 32.3 Å². The fraction of sp³-hybridized carbons (Fsp3) is 0.909. The number of piperidine rings is 1. The molecule has 3 saturated heterocycles. The van der Waals surface area contributed by atoms with Crippen LogP contribution in [0.4, 0.5) is 0 Å². The van der Waals surface area contributed by atoms with Gasteiger partial charge in [-0.1, -0.05) is 6.42 Å². The maximum absolute atomic E-state index is 11.9. The Morgan fingerprint density at radius 1 is 1.40 bits per heavy atom. The standard InChI is InChI=1S/C11H18N2OS/c14-10-9-4-1-2-6-13(9)11(12-10)5-3-7-15-8-11/h9H,1-8H2,(H,12,14). The van der Waals surface area contributed by atoms with Gasteiger partial charge in [0.1, 0.15) is 5.66 Å². The maximum atomic E-state index is 11.9. The molecular weight excluding hydrogens is 208 g/mol. The Balaban J connectivity index is 1.86. The molecule has 1 amide bonds. The van der Waals surface area contributed by atoms with Gasteiger partial charge in [0.15, 0.2) is 0 Å². The molecule has 0 aromatic rings. The van der Waals surface area contributed by atoms with Crippen LogP contribution >= 0.6 is 11.8 Å². The lowest BCUT2D eigenvalue weighted by molar-refractivity contribution is -0.122. The van der Waals surface area contributed by atoms with Crippen LogP contribution in [0.25, 0.3) is 0 Å². The molecule has 0 aromatic heterocycles. The largest absolute Gasteiger partial charge is 0.336 e. The van der Waals surface area contributed by atoms with Gasteiger partial charge in [0.05, 0.1) is 6.04 Å². The minimum Gasteiger partial charge on any atom is -0.336 e. The van der Waals surface area contributed by atoms with E-state index < -0.39 is 0 Å². The summed E-state index contributed by atoms with van der Waals surface area (Å²) in [6.07, 6.45) is 5.95. The first-order valence-corrected chi connectivity index (χ1v) is 7.14. The molecule has 2 atom stereocenters. The quantitative estimate of drug-likeness (QED) is 0.673. The van der Waals surface area contributed by atoms with E-state index in [4.69, 9.17) is 0 Å². The zero-order chi connectivity index (χ0) is 10.3. The molecular formula is C11H18N2OS. The van der Waals surface area contributed by atoms with Crippen LogP contribution in [0.3, 0.4) is 0 Å². The van der Waals surface area contributed by atoms with E-state index in [-0.39, 0.29) is 17.6 Å². The Bertz CT molecular complexity index is 276. The van der Waals surface area contributed by atoms with Crippen LogP contribution in [0.5, 0.6) is 0 Å². The fourth-order valence-corrected chi connectivity index (χ4v) is 4.42. The van der Waals surface area contributed by atoms with Crippen molar-refractivity contribution in [3.05, 3.63) is 0 Å². The van der Waals surface area contributed by atoms with Gasteiger partial charge >= 0.3 is 0 Å². The Morgan fingerprint density at radius 3 is 3.13 bits per heavy atom. The summed E-state index contributed by atoms with van der Waals surface area (Å²) in [6.45, 7) is 1.12. The Hall–Kier alpha value is -0.220. The van der Waals surface area contributed by atoms with Gasteiger partial charge in [-0.05, 0) is 31.4 Å². The number of thioether (sulfide) groups is 1. The molecule has 2 unspecified atom stereocenters. The number of rotatable bonds is 0. The van der Waals surface area contributed by atoms with Gasteiger partial charge in [-0.15, -0.1) is 0 Å². The van der Waals surface area contributed by atoms with E-state index >= 15 is 0 Å². The van der Waals surface area contributed by atoms with Crippen LogP contribution in [0, 0.1) is 0 Å². The molecule has 0 bridgehead atoms. The number of carbonyl (C=O) groups excluding carboxylic acids is 1. The van der Waals surface area contributed by atoms with Crippen molar-refractivity contribution in [1.82, 2.24) is 10.2 Å². The summed E-state index contributed by atoms with van der Waals surface area (Å²) in [5.41, 5.74) is 0.0328. The molecule has 1 spiro atoms. The van der Waals surface area contributed by atoms with Gasteiger partial charge in [0.2, 0.25) is 5.91 Å². The molecule has 1 N–H and O–H groups in total. The molecule has 4 heteroatoms. The maximum Gasteiger partial charge on any atom is 0.238 e. The van der Waals surface area contributed by atoms with Gasteiger partial charge in [0, 0.05) is 12.3 Å². The number of fused-ring (bicyclic) bond motifs is 2. The van der Waals surface area contributed by atoms with E-state index in [1.54, 1.807) is 0 Å². The summed E-state index contributed by atoms with van der Waals surface area (Å²) in [7, 11) is 0. The Labute approximate surface area is 95.0 Å². The SMILES string of the molecule is O=C1NC2(CCCSC2)N2CCCCC12. The van der Waals surface area contributed by atoms with Crippen LogP contribution in [-0.2, 0) is 4.79 Å². The van der Waals surface area contributed by atoms with E-state index in [9.17, 15) is 4.79 Å². The first kappa shape index (κ1) is 9.97. The molecule has 15 heavy (non-hydrogen) atoms. The second-order valence-corrected chi connectivity index (χ2v) is 5.99. The van der Waals surface area contributed by atoms with Gasteiger partial charge < -0.3 is 5.32 Å². The third-order valence-electron chi connectivity index (χ3n) is 3.93. The van der Waals surface area contributed by atoms with Gasteiger partial charge in [-0.25, -0.2) is 0 Å². The zero-order valence-electron chi connectivity index (χ0n) is 9.00. The lowest BCUT2D eigenvalue weighted by atomic mass is 9.98. The molecule has 0 aromatic carbocycles. The first-order chi connectivity index (χ1) is 7.32. The average Bonchev–Trinajstić information content (AvgIpc) is 2.55. The van der Waals surface area contributed by atoms with Crippen LogP contribution in [0.1, 0.15) is 32.1 Å². The van der Waals surface area contributed by atoms with E-state index in [1.807, 2.05) is 11.8 Å². The number of hydrogen-bond donors (Lipinski definition) is 1. The van der Waals surface area contributed by atoms with E-state index in [0.717, 1.165) is 25.1 Å². The molecule has 3 fully saturated rings. The smallest absolute Gasteiger partial charge is 0.238 e. The number of nitrogens with one attached hydrogen (secondary N) is 1. The van der Waals surface area contributed by atoms with Crippen molar-refractivity contribution < 1.29 is 4.79 Å². The lowest BCUT2D eigenvalue weighted by Gasteiger charge is -2.43. The second kappa shape index (κ2) is 3.67. The summed E-state index contributed by atoms with van der Waals surface area (Å²) in [6, 6.07) is 0.192. The highest BCUT2D eigenvalue weighted by atomic mass is 32.2. The predicted molar refractivity (Wildman–Crippen MR) is 61.8 cm³/mol. The van der Waals surface area contributed by atoms with Crippen molar-refractivity contribution in [2.75, 3.05) is 18.1 Å². The van der Waals surface area contributed by atoms with Crippen LogP contribution < -0.4 is 5.32 Å². The molecule has 3 heterocycles. The summed E-state index contributed by atoms with van der Waals surface area (Å²) in [5.74, 6) is 2.64. The molecule has 3 aliphatic heterocycles. The molecule has 0 saturated carbocycles. The third-order valence-corrected chi connectivity index (χ3v) is 5.19. The van der Waals surface area contributed by atoms with E-state index in [1.165, 1.54) is 25.0 Å². The van der Waals surface area contributed by atoms with Gasteiger partial charge in [-0.2, -0.15) is 11.8 Å². The summed E-state index contributed by atoms with van der Waals surface area (Å²) in [5, 5.41) is 3.28. The number of amides is 1. The minimum absolute atomic E-state index is 0.0328. The molecule has 3 aliphatic rings. The zero-order valence-corrected chi connectivity index (χ0v) is 9.81. The molecule has 0 radical (unpaired) electrons.